The van der Waals surface area contributed by atoms with E-state index >= 15 is 0 Å². The summed E-state index contributed by atoms with van der Waals surface area (Å²) in [5.41, 5.74) is 4.29. The highest BCUT2D eigenvalue weighted by Gasteiger charge is 2.17. The van der Waals surface area contributed by atoms with E-state index in [9.17, 15) is 0 Å². The first-order valence-electron chi connectivity index (χ1n) is 6.88. The van der Waals surface area contributed by atoms with Crippen LogP contribution >= 0.6 is 11.6 Å². The number of para-hydroxylation sites is 1. The van der Waals surface area contributed by atoms with Gasteiger partial charge >= 0.3 is 0 Å². The molecule has 21 heavy (non-hydrogen) atoms. The molecular weight excluding hydrogens is 284 g/mol. The van der Waals surface area contributed by atoms with Crippen molar-refractivity contribution in [3.8, 4) is 11.4 Å². The van der Waals surface area contributed by atoms with Crippen LogP contribution in [-0.2, 0) is 0 Å². The molecular formula is C17H17ClN2O. The summed E-state index contributed by atoms with van der Waals surface area (Å²) in [7, 11) is 1.66. The fourth-order valence-corrected chi connectivity index (χ4v) is 2.72. The minimum absolute atomic E-state index is 0.168. The van der Waals surface area contributed by atoms with Crippen molar-refractivity contribution in [2.75, 3.05) is 7.11 Å². The number of nitrogens with zero attached hydrogens (tertiary/aromatic N) is 2. The molecule has 1 aromatic heterocycles. The maximum Gasteiger partial charge on any atom is 0.132 e. The topological polar surface area (TPSA) is 27.1 Å². The van der Waals surface area contributed by atoms with Crippen molar-refractivity contribution >= 4 is 22.6 Å². The van der Waals surface area contributed by atoms with E-state index in [1.165, 1.54) is 5.56 Å². The van der Waals surface area contributed by atoms with Crippen LogP contribution in [0.3, 0.4) is 0 Å². The predicted octanol–water partition coefficient (Wildman–Crippen LogP) is 4.64. The number of halogens is 1. The third-order valence-electron chi connectivity index (χ3n) is 3.59. The Morgan fingerprint density at radius 3 is 2.48 bits per heavy atom. The lowest BCUT2D eigenvalue weighted by Crippen LogP contribution is -2.02. The highest BCUT2D eigenvalue weighted by atomic mass is 35.5. The second-order valence-electron chi connectivity index (χ2n) is 5.06. The summed E-state index contributed by atoms with van der Waals surface area (Å²) in [6.07, 6.45) is 0. The Balaban J connectivity index is 2.30. The van der Waals surface area contributed by atoms with E-state index in [1.807, 2.05) is 43.3 Å². The molecule has 3 rings (SSSR count). The average Bonchev–Trinajstić information content (AvgIpc) is 2.88. The quantitative estimate of drug-likeness (QED) is 0.659. The fraction of sp³-hybridized carbons (Fsp3) is 0.235. The molecule has 4 heteroatoms. The molecule has 108 valence electrons. The standard InChI is InChI=1S/C17H17ClN2O/c1-11-5-4-6-15-16(11)20(17(19-15)12(2)18)13-7-9-14(21-3)10-8-13/h4-10,12H,1-3H3. The third kappa shape index (κ3) is 2.38. The summed E-state index contributed by atoms with van der Waals surface area (Å²) in [4.78, 5) is 4.69. The van der Waals surface area contributed by atoms with Crippen LogP contribution in [0.15, 0.2) is 42.5 Å². The van der Waals surface area contributed by atoms with Crippen molar-refractivity contribution in [2.24, 2.45) is 0 Å². The lowest BCUT2D eigenvalue weighted by atomic mass is 10.2. The molecule has 0 bridgehead atoms. The second kappa shape index (κ2) is 5.41. The number of ether oxygens (including phenoxy) is 1. The molecule has 3 aromatic rings. The SMILES string of the molecule is COc1ccc(-n2c(C(C)Cl)nc3cccc(C)c32)cc1. The van der Waals surface area contributed by atoms with Gasteiger partial charge in [-0.3, -0.25) is 4.57 Å². The van der Waals surface area contributed by atoms with Crippen molar-refractivity contribution in [3.63, 3.8) is 0 Å². The van der Waals surface area contributed by atoms with E-state index in [0.29, 0.717) is 0 Å². The Morgan fingerprint density at radius 1 is 1.14 bits per heavy atom. The third-order valence-corrected chi connectivity index (χ3v) is 3.79. The van der Waals surface area contributed by atoms with Gasteiger partial charge in [0.2, 0.25) is 0 Å². The van der Waals surface area contributed by atoms with Crippen LogP contribution in [-0.4, -0.2) is 16.7 Å². The fourth-order valence-electron chi connectivity index (χ4n) is 2.57. The number of fused-ring (bicyclic) bond motifs is 1. The minimum atomic E-state index is -0.168. The van der Waals surface area contributed by atoms with Gasteiger partial charge in [0.25, 0.3) is 0 Å². The molecule has 0 saturated carbocycles. The van der Waals surface area contributed by atoms with E-state index < -0.39 is 0 Å². The van der Waals surface area contributed by atoms with Crippen molar-refractivity contribution in [2.45, 2.75) is 19.2 Å². The summed E-state index contributed by atoms with van der Waals surface area (Å²) in [5.74, 6) is 1.69. The lowest BCUT2D eigenvalue weighted by Gasteiger charge is -2.12. The molecule has 2 aromatic carbocycles. The van der Waals surface area contributed by atoms with E-state index in [1.54, 1.807) is 7.11 Å². The van der Waals surface area contributed by atoms with Crippen molar-refractivity contribution in [1.29, 1.82) is 0 Å². The van der Waals surface area contributed by atoms with Gasteiger partial charge in [-0.2, -0.15) is 0 Å². The zero-order chi connectivity index (χ0) is 15.0. The van der Waals surface area contributed by atoms with Crippen molar-refractivity contribution in [1.82, 2.24) is 9.55 Å². The number of rotatable bonds is 3. The van der Waals surface area contributed by atoms with Gasteiger partial charge in [-0.1, -0.05) is 12.1 Å². The lowest BCUT2D eigenvalue weighted by molar-refractivity contribution is 0.414. The smallest absolute Gasteiger partial charge is 0.132 e. The summed E-state index contributed by atoms with van der Waals surface area (Å²) in [5, 5.41) is -0.168. The second-order valence-corrected chi connectivity index (χ2v) is 5.72. The van der Waals surface area contributed by atoms with Gasteiger partial charge in [0.15, 0.2) is 0 Å². The van der Waals surface area contributed by atoms with Crippen molar-refractivity contribution in [3.05, 3.63) is 53.9 Å². The van der Waals surface area contributed by atoms with E-state index in [2.05, 4.69) is 17.6 Å². The molecule has 1 unspecified atom stereocenters. The van der Waals surface area contributed by atoms with Gasteiger partial charge in [-0.15, -0.1) is 11.6 Å². The molecule has 0 N–H and O–H groups in total. The minimum Gasteiger partial charge on any atom is -0.497 e. The molecule has 0 aliphatic heterocycles. The molecule has 0 aliphatic carbocycles. The van der Waals surface area contributed by atoms with Gasteiger partial charge in [0, 0.05) is 5.69 Å². The Bertz CT molecular complexity index is 775. The van der Waals surface area contributed by atoms with Crippen LogP contribution in [0, 0.1) is 6.92 Å². The largest absolute Gasteiger partial charge is 0.497 e. The number of imidazole rings is 1. The zero-order valence-electron chi connectivity index (χ0n) is 12.3. The summed E-state index contributed by atoms with van der Waals surface area (Å²) in [6.45, 7) is 4.03. The monoisotopic (exact) mass is 300 g/mol. The molecule has 0 amide bonds. The van der Waals surface area contributed by atoms with Gasteiger partial charge in [-0.25, -0.2) is 4.98 Å². The van der Waals surface area contributed by atoms with Gasteiger partial charge in [0.05, 0.1) is 23.5 Å². The number of aryl methyl sites for hydroxylation is 1. The number of hydrogen-bond acceptors (Lipinski definition) is 2. The summed E-state index contributed by atoms with van der Waals surface area (Å²) >= 11 is 6.33. The van der Waals surface area contributed by atoms with E-state index in [-0.39, 0.29) is 5.38 Å². The molecule has 0 fully saturated rings. The van der Waals surface area contributed by atoms with Crippen LogP contribution in [0.25, 0.3) is 16.7 Å². The van der Waals surface area contributed by atoms with Gasteiger partial charge < -0.3 is 4.74 Å². The first-order valence-corrected chi connectivity index (χ1v) is 7.32. The highest BCUT2D eigenvalue weighted by Crippen LogP contribution is 2.30. The normalized spacial score (nSPS) is 12.6. The number of hydrogen-bond donors (Lipinski definition) is 0. The first kappa shape index (κ1) is 14.0. The molecule has 0 aliphatic rings. The number of benzene rings is 2. The Morgan fingerprint density at radius 2 is 1.86 bits per heavy atom. The molecule has 0 spiro atoms. The zero-order valence-corrected chi connectivity index (χ0v) is 13.1. The van der Waals surface area contributed by atoms with E-state index in [0.717, 1.165) is 28.3 Å². The molecule has 1 heterocycles. The van der Waals surface area contributed by atoms with E-state index in [4.69, 9.17) is 21.3 Å². The highest BCUT2D eigenvalue weighted by molar-refractivity contribution is 6.20. The van der Waals surface area contributed by atoms with Gasteiger partial charge in [-0.05, 0) is 49.7 Å². The predicted molar refractivity (Wildman–Crippen MR) is 86.6 cm³/mol. The average molecular weight is 301 g/mol. The maximum atomic E-state index is 6.33. The van der Waals surface area contributed by atoms with Crippen LogP contribution in [0.2, 0.25) is 0 Å². The number of alkyl halides is 1. The Labute approximate surface area is 129 Å². The summed E-state index contributed by atoms with van der Waals surface area (Å²) in [6, 6.07) is 14.1. The van der Waals surface area contributed by atoms with Crippen molar-refractivity contribution < 1.29 is 4.74 Å². The maximum absolute atomic E-state index is 6.33. The molecule has 1 atom stereocenters. The van der Waals surface area contributed by atoms with Crippen LogP contribution < -0.4 is 4.74 Å². The molecule has 0 radical (unpaired) electrons. The Kier molecular flexibility index (Phi) is 3.60. The number of aromatic nitrogens is 2. The van der Waals surface area contributed by atoms with Crippen LogP contribution in [0.5, 0.6) is 5.75 Å². The molecule has 0 saturated heterocycles. The van der Waals surface area contributed by atoms with Crippen LogP contribution in [0.1, 0.15) is 23.7 Å². The van der Waals surface area contributed by atoms with Gasteiger partial charge in [0.1, 0.15) is 11.6 Å². The summed E-state index contributed by atoms with van der Waals surface area (Å²) < 4.78 is 7.35. The first-order chi connectivity index (χ1) is 10.1. The molecule has 3 nitrogen and oxygen atoms in total. The number of methoxy groups -OCH3 is 1. The van der Waals surface area contributed by atoms with Crippen LogP contribution in [0.4, 0.5) is 0 Å². The Hall–Kier alpha value is -2.00.